The Balaban J connectivity index is 1.80. The molecule has 0 aliphatic heterocycles. The van der Waals surface area contributed by atoms with E-state index in [9.17, 15) is 14.7 Å². The predicted octanol–water partition coefficient (Wildman–Crippen LogP) is 3.09. The smallest absolute Gasteiger partial charge is 0.339 e. The summed E-state index contributed by atoms with van der Waals surface area (Å²) < 4.78 is 11.4. The van der Waals surface area contributed by atoms with Crippen LogP contribution in [0.1, 0.15) is 45.8 Å². The molecule has 0 spiro atoms. The molecule has 34 heavy (non-hydrogen) atoms. The van der Waals surface area contributed by atoms with Gasteiger partial charge in [0.2, 0.25) is 0 Å². The first-order chi connectivity index (χ1) is 16.0. The lowest BCUT2D eigenvalue weighted by atomic mass is 10.0. The number of ether oxygens (including phenoxy) is 2. The largest absolute Gasteiger partial charge is 0.491 e. The minimum atomic E-state index is -1.16. The van der Waals surface area contributed by atoms with Crippen molar-refractivity contribution in [3.63, 3.8) is 0 Å². The van der Waals surface area contributed by atoms with Crippen LogP contribution in [0, 0.1) is 13.8 Å². The molecule has 0 unspecified atom stereocenters. The highest BCUT2D eigenvalue weighted by atomic mass is 16.5. The number of fused-ring (bicyclic) bond motifs is 1. The van der Waals surface area contributed by atoms with E-state index in [0.29, 0.717) is 33.7 Å². The molecule has 0 saturated heterocycles. The van der Waals surface area contributed by atoms with Crippen LogP contribution in [0.3, 0.4) is 0 Å². The first-order valence-electron chi connectivity index (χ1n) is 10.7. The molecule has 1 amide bonds. The van der Waals surface area contributed by atoms with Crippen LogP contribution in [0.5, 0.6) is 11.5 Å². The number of hydrogen-bond acceptors (Lipinski definition) is 7. The number of nitrogens with two attached hydrogens (primary N) is 1. The fourth-order valence-electron chi connectivity index (χ4n) is 3.63. The second kappa shape index (κ2) is 9.96. The van der Waals surface area contributed by atoms with Gasteiger partial charge in [-0.05, 0) is 63.6 Å². The second-order valence-corrected chi connectivity index (χ2v) is 8.67. The number of anilines is 1. The zero-order chi connectivity index (χ0) is 25.0. The van der Waals surface area contributed by atoms with Crippen molar-refractivity contribution in [1.82, 2.24) is 10.3 Å². The summed E-state index contributed by atoms with van der Waals surface area (Å²) in [4.78, 5) is 28.9. The Morgan fingerprint density at radius 2 is 1.88 bits per heavy atom. The van der Waals surface area contributed by atoms with Gasteiger partial charge < -0.3 is 30.7 Å². The van der Waals surface area contributed by atoms with E-state index >= 15 is 0 Å². The fraction of sp³-hybridized carbons (Fsp3) is 0.320. The first kappa shape index (κ1) is 24.8. The molecule has 3 rings (SSSR count). The SMILES string of the molecule is Cc1cc(OCCO)cc(C(=O)NC(C)(C)COc2cccc3nc(C)c(C(=O)O)c(N)c23)c1. The van der Waals surface area contributed by atoms with Crippen molar-refractivity contribution in [1.29, 1.82) is 0 Å². The van der Waals surface area contributed by atoms with E-state index in [2.05, 4.69) is 10.3 Å². The molecular weight excluding hydrogens is 438 g/mol. The van der Waals surface area contributed by atoms with Gasteiger partial charge in [-0.3, -0.25) is 9.78 Å². The second-order valence-electron chi connectivity index (χ2n) is 8.67. The Bertz CT molecular complexity index is 1240. The zero-order valence-corrected chi connectivity index (χ0v) is 19.6. The highest BCUT2D eigenvalue weighted by Gasteiger charge is 2.24. The number of aromatic carboxylic acids is 1. The van der Waals surface area contributed by atoms with Crippen LogP contribution >= 0.6 is 0 Å². The molecule has 9 heteroatoms. The van der Waals surface area contributed by atoms with Gasteiger partial charge in [0.25, 0.3) is 5.91 Å². The molecule has 0 aliphatic carbocycles. The maximum absolute atomic E-state index is 12.9. The molecule has 0 fully saturated rings. The van der Waals surface area contributed by atoms with Gasteiger partial charge in [0.1, 0.15) is 30.3 Å². The number of aromatic nitrogens is 1. The summed E-state index contributed by atoms with van der Waals surface area (Å²) in [5, 5.41) is 21.8. The van der Waals surface area contributed by atoms with Crippen molar-refractivity contribution in [3.8, 4) is 11.5 Å². The van der Waals surface area contributed by atoms with Crippen molar-refractivity contribution < 1.29 is 29.3 Å². The minimum Gasteiger partial charge on any atom is -0.491 e. The Morgan fingerprint density at radius 1 is 1.15 bits per heavy atom. The predicted molar refractivity (Wildman–Crippen MR) is 129 cm³/mol. The number of nitrogen functional groups attached to an aromatic ring is 1. The maximum atomic E-state index is 12.9. The Labute approximate surface area is 197 Å². The average molecular weight is 468 g/mol. The van der Waals surface area contributed by atoms with Gasteiger partial charge in [0, 0.05) is 5.56 Å². The molecular formula is C25H29N3O6. The average Bonchev–Trinajstić information content (AvgIpc) is 2.75. The highest BCUT2D eigenvalue weighted by molar-refractivity contribution is 6.06. The normalized spacial score (nSPS) is 11.3. The number of benzene rings is 2. The maximum Gasteiger partial charge on any atom is 0.339 e. The molecule has 0 saturated carbocycles. The molecule has 1 heterocycles. The molecule has 1 aromatic heterocycles. The number of aryl methyl sites for hydroxylation is 2. The number of rotatable bonds is 9. The number of hydrogen-bond donors (Lipinski definition) is 4. The molecule has 0 aliphatic rings. The third-order valence-electron chi connectivity index (χ3n) is 5.12. The van der Waals surface area contributed by atoms with E-state index < -0.39 is 11.5 Å². The lowest BCUT2D eigenvalue weighted by Crippen LogP contribution is -2.47. The number of carboxylic acid groups (broad SMARTS) is 1. The number of pyridine rings is 1. The zero-order valence-electron chi connectivity index (χ0n) is 19.6. The van der Waals surface area contributed by atoms with Crippen LogP contribution in [0.2, 0.25) is 0 Å². The number of aliphatic hydroxyl groups is 1. The lowest BCUT2D eigenvalue weighted by molar-refractivity contribution is 0.0696. The monoisotopic (exact) mass is 467 g/mol. The number of amides is 1. The molecule has 0 atom stereocenters. The summed E-state index contributed by atoms with van der Waals surface area (Å²) >= 11 is 0. The standard InChI is InChI=1S/C25H29N3O6/c1-14-10-16(12-17(11-14)33-9-8-29)23(30)28-25(3,4)13-34-19-7-5-6-18-21(19)22(26)20(24(31)32)15(2)27-18/h5-7,10-12,29H,8-9,13H2,1-4H3,(H2,26,27)(H,28,30)(H,31,32). The molecule has 9 nitrogen and oxygen atoms in total. The molecule has 180 valence electrons. The number of aliphatic hydroxyl groups excluding tert-OH is 1. The lowest BCUT2D eigenvalue weighted by Gasteiger charge is -2.27. The van der Waals surface area contributed by atoms with E-state index in [1.807, 2.05) is 20.8 Å². The summed E-state index contributed by atoms with van der Waals surface area (Å²) in [5.41, 5.74) is 7.54. The van der Waals surface area contributed by atoms with E-state index in [-0.39, 0.29) is 37.0 Å². The van der Waals surface area contributed by atoms with Crippen molar-refractivity contribution in [2.24, 2.45) is 0 Å². The van der Waals surface area contributed by atoms with Gasteiger partial charge in [-0.15, -0.1) is 0 Å². The van der Waals surface area contributed by atoms with Crippen molar-refractivity contribution in [2.75, 3.05) is 25.6 Å². The summed E-state index contributed by atoms with van der Waals surface area (Å²) in [6.07, 6.45) is 0. The van der Waals surface area contributed by atoms with Gasteiger partial charge >= 0.3 is 5.97 Å². The molecule has 5 N–H and O–H groups in total. The number of carbonyl (C=O) groups is 2. The highest BCUT2D eigenvalue weighted by Crippen LogP contribution is 2.33. The summed E-state index contributed by atoms with van der Waals surface area (Å²) in [5.74, 6) is -0.597. The number of carboxylic acids is 1. The number of nitrogens with one attached hydrogen (secondary N) is 1. The molecule has 0 radical (unpaired) electrons. The molecule has 2 aromatic carbocycles. The molecule has 0 bridgehead atoms. The van der Waals surface area contributed by atoms with Gasteiger partial charge in [0.15, 0.2) is 0 Å². The quantitative estimate of drug-likeness (QED) is 0.376. The van der Waals surface area contributed by atoms with Gasteiger partial charge in [-0.1, -0.05) is 6.07 Å². The Kier molecular flexibility index (Phi) is 7.26. The summed E-state index contributed by atoms with van der Waals surface area (Å²) in [6, 6.07) is 10.3. The Hall–Kier alpha value is -3.85. The van der Waals surface area contributed by atoms with Crippen molar-refractivity contribution in [3.05, 3.63) is 58.8 Å². The van der Waals surface area contributed by atoms with Gasteiger partial charge in [0.05, 0.1) is 34.4 Å². The topological polar surface area (TPSA) is 144 Å². The van der Waals surface area contributed by atoms with Gasteiger partial charge in [-0.2, -0.15) is 0 Å². The number of carbonyl (C=O) groups excluding carboxylic acids is 1. The summed E-state index contributed by atoms with van der Waals surface area (Å²) in [7, 11) is 0. The van der Waals surface area contributed by atoms with Crippen molar-refractivity contribution >= 4 is 28.5 Å². The van der Waals surface area contributed by atoms with Crippen LogP contribution in [0.15, 0.2) is 36.4 Å². The van der Waals surface area contributed by atoms with Gasteiger partial charge in [-0.25, -0.2) is 4.79 Å². The third kappa shape index (κ3) is 5.55. The van der Waals surface area contributed by atoms with Crippen molar-refractivity contribution in [2.45, 2.75) is 33.2 Å². The minimum absolute atomic E-state index is 0.0604. The summed E-state index contributed by atoms with van der Waals surface area (Å²) in [6.45, 7) is 7.16. The Morgan fingerprint density at radius 3 is 2.56 bits per heavy atom. The van der Waals surface area contributed by atoms with Crippen LogP contribution in [-0.4, -0.2) is 52.4 Å². The fourth-order valence-corrected chi connectivity index (χ4v) is 3.63. The number of nitrogens with zero attached hydrogens (tertiary/aromatic N) is 1. The van der Waals surface area contributed by atoms with Crippen LogP contribution in [0.4, 0.5) is 5.69 Å². The van der Waals surface area contributed by atoms with E-state index in [1.165, 1.54) is 0 Å². The van der Waals surface area contributed by atoms with Crippen LogP contribution in [-0.2, 0) is 0 Å². The van der Waals surface area contributed by atoms with E-state index in [0.717, 1.165) is 5.56 Å². The van der Waals surface area contributed by atoms with E-state index in [4.69, 9.17) is 20.3 Å². The third-order valence-corrected chi connectivity index (χ3v) is 5.12. The van der Waals surface area contributed by atoms with Crippen LogP contribution in [0.25, 0.3) is 10.9 Å². The van der Waals surface area contributed by atoms with Crippen LogP contribution < -0.4 is 20.5 Å². The molecule has 3 aromatic rings. The first-order valence-corrected chi connectivity index (χ1v) is 10.7. The van der Waals surface area contributed by atoms with E-state index in [1.54, 1.807) is 43.3 Å².